The van der Waals surface area contributed by atoms with Crippen LogP contribution in [0.5, 0.6) is 0 Å². The van der Waals surface area contributed by atoms with E-state index >= 15 is 0 Å². The van der Waals surface area contributed by atoms with Crippen molar-refractivity contribution >= 4 is 5.82 Å². The van der Waals surface area contributed by atoms with E-state index in [-0.39, 0.29) is 0 Å². The highest BCUT2D eigenvalue weighted by Gasteiger charge is 2.08. The van der Waals surface area contributed by atoms with Crippen molar-refractivity contribution in [3.05, 3.63) is 42.1 Å². The van der Waals surface area contributed by atoms with E-state index in [1.807, 2.05) is 30.5 Å². The minimum atomic E-state index is 0.631. The summed E-state index contributed by atoms with van der Waals surface area (Å²) in [5.74, 6) is 0.938. The number of aromatic nitrogens is 2. The number of rotatable bonds is 4. The molecule has 0 saturated carbocycles. The lowest BCUT2D eigenvalue weighted by atomic mass is 10.2. The summed E-state index contributed by atoms with van der Waals surface area (Å²) in [5, 5.41) is 13.6. The summed E-state index contributed by atoms with van der Waals surface area (Å²) < 4.78 is 1.76. The average molecular weight is 240 g/mol. The monoisotopic (exact) mass is 240 g/mol. The minimum absolute atomic E-state index is 0.631. The molecule has 0 atom stereocenters. The first-order chi connectivity index (χ1) is 8.80. The third-order valence-electron chi connectivity index (χ3n) is 2.93. The lowest BCUT2D eigenvalue weighted by Crippen LogP contribution is -2.22. The molecule has 0 bridgehead atoms. The van der Waals surface area contributed by atoms with E-state index in [2.05, 4.69) is 29.9 Å². The van der Waals surface area contributed by atoms with Crippen LogP contribution < -0.4 is 4.90 Å². The molecule has 0 radical (unpaired) electrons. The van der Waals surface area contributed by atoms with Crippen LogP contribution in [0.4, 0.5) is 5.82 Å². The molecule has 1 aromatic heterocycles. The zero-order valence-electron chi connectivity index (χ0n) is 10.7. The molecule has 0 aliphatic heterocycles. The molecule has 0 aliphatic carbocycles. The largest absolute Gasteiger partial charge is 0.356 e. The van der Waals surface area contributed by atoms with Gasteiger partial charge in [0.15, 0.2) is 5.82 Å². The van der Waals surface area contributed by atoms with Crippen LogP contribution in [0.25, 0.3) is 5.69 Å². The normalized spacial score (nSPS) is 10.1. The fourth-order valence-corrected chi connectivity index (χ4v) is 1.93. The lowest BCUT2D eigenvalue weighted by Gasteiger charge is -2.17. The van der Waals surface area contributed by atoms with Crippen molar-refractivity contribution in [2.45, 2.75) is 13.8 Å². The molecule has 0 N–H and O–H groups in total. The van der Waals surface area contributed by atoms with Crippen LogP contribution in [0.2, 0.25) is 0 Å². The summed E-state index contributed by atoms with van der Waals surface area (Å²) in [5.41, 5.74) is 1.45. The molecule has 4 nitrogen and oxygen atoms in total. The van der Waals surface area contributed by atoms with Gasteiger partial charge < -0.3 is 4.90 Å². The molecule has 1 aromatic carbocycles. The highest BCUT2D eigenvalue weighted by Crippen LogP contribution is 2.16. The maximum atomic E-state index is 9.09. The fraction of sp³-hybridized carbons (Fsp3) is 0.286. The molecule has 0 aliphatic rings. The molecule has 2 rings (SSSR count). The number of anilines is 1. The lowest BCUT2D eigenvalue weighted by molar-refractivity contribution is 0.805. The third-order valence-corrected chi connectivity index (χ3v) is 2.93. The maximum Gasteiger partial charge on any atom is 0.150 e. The number of hydrogen-bond acceptors (Lipinski definition) is 3. The Morgan fingerprint density at radius 2 is 1.94 bits per heavy atom. The first kappa shape index (κ1) is 12.2. The molecule has 4 heteroatoms. The molecular weight excluding hydrogens is 224 g/mol. The van der Waals surface area contributed by atoms with E-state index in [4.69, 9.17) is 5.26 Å². The molecular formula is C14H16N4. The Labute approximate surface area is 107 Å². The van der Waals surface area contributed by atoms with Crippen LogP contribution >= 0.6 is 0 Å². The van der Waals surface area contributed by atoms with Crippen LogP contribution in [-0.4, -0.2) is 22.9 Å². The van der Waals surface area contributed by atoms with Gasteiger partial charge in [0.2, 0.25) is 0 Å². The predicted molar refractivity (Wildman–Crippen MR) is 71.8 cm³/mol. The Kier molecular flexibility index (Phi) is 3.63. The molecule has 18 heavy (non-hydrogen) atoms. The predicted octanol–water partition coefficient (Wildman–Crippen LogP) is 2.59. The van der Waals surface area contributed by atoms with E-state index in [1.54, 1.807) is 10.7 Å². The summed E-state index contributed by atoms with van der Waals surface area (Å²) in [6, 6.07) is 11.6. The van der Waals surface area contributed by atoms with Crippen LogP contribution in [0.15, 0.2) is 36.5 Å². The number of para-hydroxylation sites is 1. The Balaban J connectivity index is 2.38. The van der Waals surface area contributed by atoms with Gasteiger partial charge in [-0.1, -0.05) is 12.1 Å². The van der Waals surface area contributed by atoms with Gasteiger partial charge in [-0.2, -0.15) is 10.4 Å². The van der Waals surface area contributed by atoms with Gasteiger partial charge >= 0.3 is 0 Å². The molecule has 0 unspecified atom stereocenters. The van der Waals surface area contributed by atoms with E-state index in [0.717, 1.165) is 24.6 Å². The number of nitrogens with zero attached hydrogens (tertiary/aromatic N) is 4. The first-order valence-electron chi connectivity index (χ1n) is 6.10. The van der Waals surface area contributed by atoms with Crippen LogP contribution in [0.1, 0.15) is 19.4 Å². The highest BCUT2D eigenvalue weighted by atomic mass is 15.3. The zero-order valence-corrected chi connectivity index (χ0v) is 10.7. The molecule has 0 spiro atoms. The minimum Gasteiger partial charge on any atom is -0.356 e. The van der Waals surface area contributed by atoms with Crippen LogP contribution in [0.3, 0.4) is 0 Å². The second-order valence-corrected chi connectivity index (χ2v) is 3.92. The fourth-order valence-electron chi connectivity index (χ4n) is 1.93. The SMILES string of the molecule is CCN(CC)c1ccn(-c2ccccc2C#N)n1. The molecule has 0 saturated heterocycles. The van der Waals surface area contributed by atoms with Gasteiger partial charge in [-0.25, -0.2) is 4.68 Å². The van der Waals surface area contributed by atoms with Crippen molar-refractivity contribution < 1.29 is 0 Å². The third kappa shape index (κ3) is 2.21. The quantitative estimate of drug-likeness (QED) is 0.825. The van der Waals surface area contributed by atoms with Crippen LogP contribution in [0, 0.1) is 11.3 Å². The Morgan fingerprint density at radius 1 is 1.22 bits per heavy atom. The molecule has 0 amide bonds. The Hall–Kier alpha value is -2.28. The van der Waals surface area contributed by atoms with Crippen molar-refractivity contribution in [2.75, 3.05) is 18.0 Å². The summed E-state index contributed by atoms with van der Waals surface area (Å²) in [4.78, 5) is 2.17. The first-order valence-corrected chi connectivity index (χ1v) is 6.10. The molecule has 1 heterocycles. The van der Waals surface area contributed by atoms with Gasteiger partial charge in [-0.05, 0) is 26.0 Å². The van der Waals surface area contributed by atoms with Crippen molar-refractivity contribution in [1.29, 1.82) is 5.26 Å². The number of nitriles is 1. The second kappa shape index (κ2) is 5.37. The molecule has 2 aromatic rings. The molecule has 0 fully saturated rings. The van der Waals surface area contributed by atoms with Crippen molar-refractivity contribution in [1.82, 2.24) is 9.78 Å². The van der Waals surface area contributed by atoms with Gasteiger partial charge in [-0.3, -0.25) is 0 Å². The summed E-state index contributed by atoms with van der Waals surface area (Å²) in [7, 11) is 0. The smallest absolute Gasteiger partial charge is 0.150 e. The maximum absolute atomic E-state index is 9.09. The van der Waals surface area contributed by atoms with Crippen molar-refractivity contribution in [2.24, 2.45) is 0 Å². The second-order valence-electron chi connectivity index (χ2n) is 3.92. The van der Waals surface area contributed by atoms with Crippen molar-refractivity contribution in [3.8, 4) is 11.8 Å². The number of hydrogen-bond donors (Lipinski definition) is 0. The summed E-state index contributed by atoms with van der Waals surface area (Å²) in [6.07, 6.45) is 1.89. The van der Waals surface area contributed by atoms with Gasteiger partial charge in [0.1, 0.15) is 6.07 Å². The van der Waals surface area contributed by atoms with Gasteiger partial charge in [-0.15, -0.1) is 0 Å². The highest BCUT2D eigenvalue weighted by molar-refractivity contribution is 5.49. The topological polar surface area (TPSA) is 44.9 Å². The van der Waals surface area contributed by atoms with Gasteiger partial charge in [0, 0.05) is 25.4 Å². The zero-order chi connectivity index (χ0) is 13.0. The van der Waals surface area contributed by atoms with E-state index in [9.17, 15) is 0 Å². The average Bonchev–Trinajstić information content (AvgIpc) is 2.89. The summed E-state index contributed by atoms with van der Waals surface area (Å²) >= 11 is 0. The van der Waals surface area contributed by atoms with E-state index in [0.29, 0.717) is 5.56 Å². The number of benzene rings is 1. The van der Waals surface area contributed by atoms with Crippen LogP contribution in [-0.2, 0) is 0 Å². The van der Waals surface area contributed by atoms with Crippen molar-refractivity contribution in [3.63, 3.8) is 0 Å². The van der Waals surface area contributed by atoms with Gasteiger partial charge in [0.05, 0.1) is 11.3 Å². The Bertz CT molecular complexity index is 561. The van der Waals surface area contributed by atoms with E-state index in [1.165, 1.54) is 0 Å². The van der Waals surface area contributed by atoms with E-state index < -0.39 is 0 Å². The molecule has 92 valence electrons. The standard InChI is InChI=1S/C14H16N4/c1-3-17(4-2)14-9-10-18(16-14)13-8-6-5-7-12(13)11-15/h5-10H,3-4H2,1-2H3. The summed E-state index contributed by atoms with van der Waals surface area (Å²) in [6.45, 7) is 6.05. The van der Waals surface area contributed by atoms with Gasteiger partial charge in [0.25, 0.3) is 0 Å². The Morgan fingerprint density at radius 3 is 2.61 bits per heavy atom.